The van der Waals surface area contributed by atoms with E-state index < -0.39 is 0 Å². The molecule has 0 aliphatic carbocycles. The van der Waals surface area contributed by atoms with Crippen molar-refractivity contribution in [1.29, 1.82) is 0 Å². The summed E-state index contributed by atoms with van der Waals surface area (Å²) in [6.07, 6.45) is 4.76. The Bertz CT molecular complexity index is 448. The number of pyridine rings is 1. The molecule has 3 heterocycles. The van der Waals surface area contributed by atoms with Crippen molar-refractivity contribution >= 4 is 15.9 Å². The lowest BCUT2D eigenvalue weighted by Gasteiger charge is -2.40. The summed E-state index contributed by atoms with van der Waals surface area (Å²) in [5.41, 5.74) is 3.82. The highest BCUT2D eigenvalue weighted by Gasteiger charge is 2.43. The van der Waals surface area contributed by atoms with E-state index in [1.165, 1.54) is 0 Å². The van der Waals surface area contributed by atoms with Gasteiger partial charge in [-0.1, -0.05) is 0 Å². The SMILES string of the molecule is NNC(c1ccc(Br)cn1)C1CCOC2(CCOC2)C1. The number of hydrogen-bond donors (Lipinski definition) is 2. The first-order valence-corrected chi connectivity index (χ1v) is 7.81. The summed E-state index contributed by atoms with van der Waals surface area (Å²) in [6.45, 7) is 2.27. The molecule has 3 atom stereocenters. The van der Waals surface area contributed by atoms with Crippen LogP contribution in [0.15, 0.2) is 22.8 Å². The first kappa shape index (κ1) is 14.4. The van der Waals surface area contributed by atoms with Crippen LogP contribution in [0.2, 0.25) is 0 Å². The lowest BCUT2D eigenvalue weighted by atomic mass is 9.80. The summed E-state index contributed by atoms with van der Waals surface area (Å²) in [6, 6.07) is 4.08. The summed E-state index contributed by atoms with van der Waals surface area (Å²) < 4.78 is 12.5. The lowest BCUT2D eigenvalue weighted by molar-refractivity contribution is -0.103. The normalized spacial score (nSPS) is 31.6. The molecule has 0 radical (unpaired) electrons. The first-order chi connectivity index (χ1) is 9.72. The van der Waals surface area contributed by atoms with Crippen LogP contribution in [0.4, 0.5) is 0 Å². The Labute approximate surface area is 127 Å². The quantitative estimate of drug-likeness (QED) is 0.649. The smallest absolute Gasteiger partial charge is 0.0940 e. The van der Waals surface area contributed by atoms with Crippen LogP contribution in [0.3, 0.4) is 0 Å². The molecule has 3 unspecified atom stereocenters. The fraction of sp³-hybridized carbons (Fsp3) is 0.643. The number of hydrogen-bond acceptors (Lipinski definition) is 5. The Morgan fingerprint density at radius 3 is 3.00 bits per heavy atom. The van der Waals surface area contributed by atoms with Gasteiger partial charge in [0.1, 0.15) is 0 Å². The number of hydrazine groups is 1. The van der Waals surface area contributed by atoms with Gasteiger partial charge in [-0.2, -0.15) is 0 Å². The highest BCUT2D eigenvalue weighted by molar-refractivity contribution is 9.10. The van der Waals surface area contributed by atoms with Gasteiger partial charge in [-0.05, 0) is 46.8 Å². The van der Waals surface area contributed by atoms with E-state index in [-0.39, 0.29) is 11.6 Å². The summed E-state index contributed by atoms with van der Waals surface area (Å²) in [5.74, 6) is 6.21. The van der Waals surface area contributed by atoms with Crippen molar-refractivity contribution in [2.45, 2.75) is 30.9 Å². The van der Waals surface area contributed by atoms with Crippen LogP contribution in [0, 0.1) is 5.92 Å². The molecule has 20 heavy (non-hydrogen) atoms. The minimum Gasteiger partial charge on any atom is -0.378 e. The van der Waals surface area contributed by atoms with Crippen LogP contribution in [0.25, 0.3) is 0 Å². The maximum Gasteiger partial charge on any atom is 0.0940 e. The van der Waals surface area contributed by atoms with Gasteiger partial charge < -0.3 is 9.47 Å². The average molecular weight is 342 g/mol. The number of halogens is 1. The zero-order chi connectivity index (χ0) is 14.0. The van der Waals surface area contributed by atoms with Crippen LogP contribution in [-0.4, -0.2) is 30.4 Å². The van der Waals surface area contributed by atoms with E-state index in [1.54, 1.807) is 0 Å². The van der Waals surface area contributed by atoms with Gasteiger partial charge in [0.2, 0.25) is 0 Å². The van der Waals surface area contributed by atoms with Gasteiger partial charge in [0, 0.05) is 30.3 Å². The summed E-state index contributed by atoms with van der Waals surface area (Å²) >= 11 is 3.41. The topological polar surface area (TPSA) is 69.4 Å². The molecule has 1 aromatic rings. The third-order valence-electron chi connectivity index (χ3n) is 4.32. The Kier molecular flexibility index (Phi) is 4.37. The maximum atomic E-state index is 5.98. The fourth-order valence-electron chi connectivity index (χ4n) is 3.25. The van der Waals surface area contributed by atoms with E-state index >= 15 is 0 Å². The van der Waals surface area contributed by atoms with Crippen molar-refractivity contribution in [3.63, 3.8) is 0 Å². The number of nitrogens with zero attached hydrogens (tertiary/aromatic N) is 1. The highest BCUT2D eigenvalue weighted by Crippen LogP contribution is 2.40. The second-order valence-corrected chi connectivity index (χ2v) is 6.55. The van der Waals surface area contributed by atoms with Gasteiger partial charge in [-0.25, -0.2) is 0 Å². The molecule has 1 aromatic heterocycles. The molecule has 2 aliphatic heterocycles. The van der Waals surface area contributed by atoms with Crippen LogP contribution >= 0.6 is 15.9 Å². The number of ether oxygens (including phenoxy) is 2. The highest BCUT2D eigenvalue weighted by atomic mass is 79.9. The van der Waals surface area contributed by atoms with E-state index in [0.29, 0.717) is 12.5 Å². The summed E-state index contributed by atoms with van der Waals surface area (Å²) in [4.78, 5) is 4.48. The number of aromatic nitrogens is 1. The van der Waals surface area contributed by atoms with Crippen molar-refractivity contribution in [2.75, 3.05) is 19.8 Å². The Morgan fingerprint density at radius 1 is 1.45 bits per heavy atom. The van der Waals surface area contributed by atoms with Gasteiger partial charge in [0.15, 0.2) is 0 Å². The van der Waals surface area contributed by atoms with Crippen molar-refractivity contribution < 1.29 is 9.47 Å². The van der Waals surface area contributed by atoms with Crippen molar-refractivity contribution in [3.8, 4) is 0 Å². The van der Waals surface area contributed by atoms with Gasteiger partial charge in [-0.15, -0.1) is 0 Å². The Hall–Kier alpha value is -0.530. The third-order valence-corrected chi connectivity index (χ3v) is 4.79. The molecular formula is C14H20BrN3O2. The van der Waals surface area contributed by atoms with E-state index in [4.69, 9.17) is 15.3 Å². The number of rotatable bonds is 3. The minimum absolute atomic E-state index is 0.0597. The van der Waals surface area contributed by atoms with Crippen LogP contribution in [-0.2, 0) is 9.47 Å². The average Bonchev–Trinajstić information content (AvgIpc) is 2.90. The first-order valence-electron chi connectivity index (χ1n) is 7.02. The molecular weight excluding hydrogens is 322 g/mol. The molecule has 0 saturated carbocycles. The predicted octanol–water partition coefficient (Wildman–Crippen LogP) is 1.93. The number of nitrogens with one attached hydrogen (secondary N) is 1. The summed E-state index contributed by atoms with van der Waals surface area (Å²) in [7, 11) is 0. The van der Waals surface area contributed by atoms with E-state index in [1.807, 2.05) is 18.3 Å². The van der Waals surface area contributed by atoms with Gasteiger partial charge in [0.25, 0.3) is 0 Å². The molecule has 3 N–H and O–H groups in total. The molecule has 110 valence electrons. The molecule has 2 saturated heterocycles. The molecule has 1 spiro atoms. The summed E-state index contributed by atoms with van der Waals surface area (Å²) in [5, 5.41) is 0. The molecule has 0 bridgehead atoms. The predicted molar refractivity (Wildman–Crippen MR) is 78.8 cm³/mol. The van der Waals surface area contributed by atoms with Crippen LogP contribution in [0.1, 0.15) is 31.0 Å². The minimum atomic E-state index is -0.104. The molecule has 0 aromatic carbocycles. The van der Waals surface area contributed by atoms with E-state index in [2.05, 4.69) is 26.3 Å². The molecule has 5 nitrogen and oxygen atoms in total. The molecule has 6 heteroatoms. The van der Waals surface area contributed by atoms with E-state index in [9.17, 15) is 0 Å². The Balaban J connectivity index is 1.76. The zero-order valence-corrected chi connectivity index (χ0v) is 12.9. The zero-order valence-electron chi connectivity index (χ0n) is 11.3. The fourth-order valence-corrected chi connectivity index (χ4v) is 3.48. The molecule has 2 fully saturated rings. The van der Waals surface area contributed by atoms with Gasteiger partial charge in [0.05, 0.1) is 23.9 Å². The maximum absolute atomic E-state index is 5.98. The second kappa shape index (κ2) is 6.07. The largest absolute Gasteiger partial charge is 0.378 e. The van der Waals surface area contributed by atoms with Crippen molar-refractivity contribution in [2.24, 2.45) is 11.8 Å². The van der Waals surface area contributed by atoms with Gasteiger partial charge in [-0.3, -0.25) is 16.3 Å². The number of nitrogens with two attached hydrogens (primary N) is 1. The lowest BCUT2D eigenvalue weighted by Crippen LogP contribution is -2.45. The standard InChI is InChI=1S/C14H20BrN3O2/c15-11-1-2-12(17-8-11)13(18-16)10-3-5-20-14(7-10)4-6-19-9-14/h1-2,8,10,13,18H,3-7,9,16H2. The molecule has 0 amide bonds. The third kappa shape index (κ3) is 2.89. The van der Waals surface area contributed by atoms with E-state index in [0.717, 1.165) is 42.6 Å². The van der Waals surface area contributed by atoms with Crippen molar-refractivity contribution in [3.05, 3.63) is 28.5 Å². The molecule has 2 aliphatic rings. The van der Waals surface area contributed by atoms with Crippen molar-refractivity contribution in [1.82, 2.24) is 10.4 Å². The monoisotopic (exact) mass is 341 g/mol. The molecule has 3 rings (SSSR count). The Morgan fingerprint density at radius 2 is 2.35 bits per heavy atom. The second-order valence-electron chi connectivity index (χ2n) is 5.63. The van der Waals surface area contributed by atoms with Crippen LogP contribution in [0.5, 0.6) is 0 Å². The van der Waals surface area contributed by atoms with Crippen LogP contribution < -0.4 is 11.3 Å². The van der Waals surface area contributed by atoms with Gasteiger partial charge >= 0.3 is 0 Å².